The van der Waals surface area contributed by atoms with Crippen LogP contribution in [-0.2, 0) is 6.18 Å². The molecule has 4 rings (SSSR count). The summed E-state index contributed by atoms with van der Waals surface area (Å²) in [6, 6.07) is 12.6. The number of rotatable bonds is 4. The van der Waals surface area contributed by atoms with Crippen LogP contribution in [0.15, 0.2) is 57.8 Å². The first kappa shape index (κ1) is 22.6. The largest absolute Gasteiger partial charge is 0.497 e. The first-order valence-corrected chi connectivity index (χ1v) is 10.3. The Morgan fingerprint density at radius 1 is 1.18 bits per heavy atom. The lowest BCUT2D eigenvalue weighted by Gasteiger charge is -2.10. The van der Waals surface area contributed by atoms with Gasteiger partial charge in [-0.2, -0.15) is 17.7 Å². The molecule has 2 aromatic carbocycles. The number of alkyl halides is 3. The maximum atomic E-state index is 13.8. The SMILES string of the molecule is COc1cc(Br)cc(NC(=O)c2c(C)nc3c(-c4ccccc4)c(C(F)(F)F)[nH]n3c2=O)c1. The zero-order valence-electron chi connectivity index (χ0n) is 17.2. The molecule has 2 N–H and O–H groups in total. The number of anilines is 1. The Morgan fingerprint density at radius 2 is 1.88 bits per heavy atom. The highest BCUT2D eigenvalue weighted by molar-refractivity contribution is 9.10. The Bertz CT molecular complexity index is 1430. The zero-order chi connectivity index (χ0) is 23.9. The van der Waals surface area contributed by atoms with Crippen LogP contribution in [0.5, 0.6) is 5.75 Å². The molecule has 0 aliphatic heterocycles. The molecular weight excluding hydrogens is 505 g/mol. The summed E-state index contributed by atoms with van der Waals surface area (Å²) in [5.41, 5.74) is -2.43. The molecule has 0 saturated heterocycles. The quantitative estimate of drug-likeness (QED) is 0.394. The van der Waals surface area contributed by atoms with Crippen molar-refractivity contribution in [3.05, 3.63) is 80.3 Å². The standard InChI is InChI=1S/C22H16BrF3N4O3/c1-11-16(20(31)28-14-8-13(23)9-15(10-14)33-2)21(32)30-19(27-11)17(12-6-4-3-5-7-12)18(29-30)22(24,25)26/h3-10,29H,1-2H3,(H,28,31). The number of aryl methyl sites for hydroxylation is 1. The van der Waals surface area contributed by atoms with Crippen LogP contribution in [0.25, 0.3) is 16.8 Å². The molecule has 0 saturated carbocycles. The van der Waals surface area contributed by atoms with Gasteiger partial charge in [0, 0.05) is 16.2 Å². The Hall–Kier alpha value is -3.60. The number of nitrogens with one attached hydrogen (secondary N) is 2. The highest BCUT2D eigenvalue weighted by atomic mass is 79.9. The lowest BCUT2D eigenvalue weighted by atomic mass is 10.1. The van der Waals surface area contributed by atoms with Crippen LogP contribution >= 0.6 is 15.9 Å². The Morgan fingerprint density at radius 3 is 2.52 bits per heavy atom. The van der Waals surface area contributed by atoms with Crippen molar-refractivity contribution < 1.29 is 22.7 Å². The predicted octanol–water partition coefficient (Wildman–Crippen LogP) is 5.04. The average molecular weight is 521 g/mol. The molecule has 0 fully saturated rings. The van der Waals surface area contributed by atoms with E-state index < -0.39 is 23.3 Å². The van der Waals surface area contributed by atoms with E-state index in [-0.39, 0.29) is 28.0 Å². The molecule has 0 bridgehead atoms. The van der Waals surface area contributed by atoms with Crippen LogP contribution in [0.3, 0.4) is 0 Å². The number of amides is 1. The van der Waals surface area contributed by atoms with Gasteiger partial charge < -0.3 is 10.1 Å². The van der Waals surface area contributed by atoms with Gasteiger partial charge in [0.05, 0.1) is 18.4 Å². The van der Waals surface area contributed by atoms with Crippen LogP contribution in [0, 0.1) is 6.92 Å². The molecule has 2 heterocycles. The Balaban J connectivity index is 1.88. The summed E-state index contributed by atoms with van der Waals surface area (Å²) in [6.07, 6.45) is -4.78. The highest BCUT2D eigenvalue weighted by Gasteiger charge is 2.38. The van der Waals surface area contributed by atoms with E-state index in [9.17, 15) is 22.8 Å². The normalized spacial score (nSPS) is 11.6. The third kappa shape index (κ3) is 4.23. The molecular formula is C22H16BrF3N4O3. The lowest BCUT2D eigenvalue weighted by molar-refractivity contribution is -0.140. The minimum atomic E-state index is -4.78. The second kappa shape index (κ2) is 8.39. The van der Waals surface area contributed by atoms with Gasteiger partial charge in [-0.3, -0.25) is 14.7 Å². The van der Waals surface area contributed by atoms with Crippen molar-refractivity contribution in [3.8, 4) is 16.9 Å². The van der Waals surface area contributed by atoms with E-state index in [4.69, 9.17) is 4.74 Å². The number of nitrogens with zero attached hydrogens (tertiary/aromatic N) is 2. The maximum absolute atomic E-state index is 13.8. The molecule has 2 aromatic heterocycles. The third-order valence-corrected chi connectivity index (χ3v) is 5.36. The van der Waals surface area contributed by atoms with Gasteiger partial charge in [0.15, 0.2) is 5.65 Å². The second-order valence-corrected chi connectivity index (χ2v) is 8.01. The monoisotopic (exact) mass is 520 g/mol. The van der Waals surface area contributed by atoms with Crippen LogP contribution in [0.1, 0.15) is 21.7 Å². The molecule has 170 valence electrons. The second-order valence-electron chi connectivity index (χ2n) is 7.10. The number of hydrogen-bond donors (Lipinski definition) is 2. The molecule has 33 heavy (non-hydrogen) atoms. The van der Waals surface area contributed by atoms with E-state index in [1.165, 1.54) is 32.2 Å². The first-order chi connectivity index (χ1) is 15.6. The molecule has 4 aromatic rings. The smallest absolute Gasteiger partial charge is 0.433 e. The van der Waals surface area contributed by atoms with Crippen LogP contribution in [0.4, 0.5) is 18.9 Å². The van der Waals surface area contributed by atoms with E-state index >= 15 is 0 Å². The number of methoxy groups -OCH3 is 1. The number of carbonyl (C=O) groups is 1. The number of benzene rings is 2. The number of fused-ring (bicyclic) bond motifs is 1. The van der Waals surface area contributed by atoms with Crippen molar-refractivity contribution in [3.63, 3.8) is 0 Å². The van der Waals surface area contributed by atoms with E-state index in [0.717, 1.165) is 0 Å². The van der Waals surface area contributed by atoms with Crippen molar-refractivity contribution in [2.45, 2.75) is 13.1 Å². The summed E-state index contributed by atoms with van der Waals surface area (Å²) in [5.74, 6) is -0.364. The molecule has 0 aliphatic rings. The molecule has 0 spiro atoms. The van der Waals surface area contributed by atoms with Gasteiger partial charge in [-0.05, 0) is 24.6 Å². The number of H-pyrrole nitrogens is 1. The Kier molecular flexibility index (Phi) is 5.75. The zero-order valence-corrected chi connectivity index (χ0v) is 18.8. The van der Waals surface area contributed by atoms with Gasteiger partial charge in [-0.15, -0.1) is 0 Å². The van der Waals surface area contributed by atoms with Crippen LogP contribution < -0.4 is 15.6 Å². The molecule has 7 nitrogen and oxygen atoms in total. The van der Waals surface area contributed by atoms with Gasteiger partial charge in [0.2, 0.25) is 0 Å². The highest BCUT2D eigenvalue weighted by Crippen LogP contribution is 2.38. The van der Waals surface area contributed by atoms with Gasteiger partial charge in [0.25, 0.3) is 11.5 Å². The van der Waals surface area contributed by atoms with Crippen molar-refractivity contribution >= 4 is 33.2 Å². The average Bonchev–Trinajstić information content (AvgIpc) is 3.14. The molecule has 1 amide bonds. The number of ether oxygens (including phenoxy) is 1. The first-order valence-electron chi connectivity index (χ1n) is 9.54. The molecule has 0 radical (unpaired) electrons. The van der Waals surface area contributed by atoms with Crippen LogP contribution in [-0.4, -0.2) is 27.6 Å². The summed E-state index contributed by atoms with van der Waals surface area (Å²) in [7, 11) is 1.45. The summed E-state index contributed by atoms with van der Waals surface area (Å²) >= 11 is 3.29. The number of halogens is 4. The van der Waals surface area contributed by atoms with Crippen molar-refractivity contribution in [2.75, 3.05) is 12.4 Å². The van der Waals surface area contributed by atoms with Crippen LogP contribution in [0.2, 0.25) is 0 Å². The molecule has 11 heteroatoms. The summed E-state index contributed by atoms with van der Waals surface area (Å²) in [5, 5.41) is 4.66. The molecule has 0 aliphatic carbocycles. The fourth-order valence-electron chi connectivity index (χ4n) is 3.47. The van der Waals surface area contributed by atoms with Gasteiger partial charge in [-0.1, -0.05) is 46.3 Å². The molecule has 0 atom stereocenters. The minimum Gasteiger partial charge on any atom is -0.497 e. The van der Waals surface area contributed by atoms with Crippen molar-refractivity contribution in [1.29, 1.82) is 0 Å². The molecule has 0 unspecified atom stereocenters. The van der Waals surface area contributed by atoms with Gasteiger partial charge in [0.1, 0.15) is 17.0 Å². The summed E-state index contributed by atoms with van der Waals surface area (Å²) in [6.45, 7) is 1.40. The van der Waals surface area contributed by atoms with E-state index in [1.807, 2.05) is 0 Å². The van der Waals surface area contributed by atoms with Gasteiger partial charge in [-0.25, -0.2) is 4.98 Å². The summed E-state index contributed by atoms with van der Waals surface area (Å²) < 4.78 is 47.8. The van der Waals surface area contributed by atoms with Gasteiger partial charge >= 0.3 is 6.18 Å². The predicted molar refractivity (Wildman–Crippen MR) is 120 cm³/mol. The number of hydrogen-bond acceptors (Lipinski definition) is 4. The third-order valence-electron chi connectivity index (χ3n) is 4.90. The minimum absolute atomic E-state index is 0.00984. The van der Waals surface area contributed by atoms with E-state index in [1.54, 1.807) is 30.3 Å². The topological polar surface area (TPSA) is 88.5 Å². The fourth-order valence-corrected chi connectivity index (χ4v) is 3.94. The summed E-state index contributed by atoms with van der Waals surface area (Å²) in [4.78, 5) is 30.2. The Labute approximate surface area is 193 Å². The number of aromatic nitrogens is 3. The number of carbonyl (C=O) groups excluding carboxylic acids is 1. The van der Waals surface area contributed by atoms with Crippen molar-refractivity contribution in [1.82, 2.24) is 14.6 Å². The lowest BCUT2D eigenvalue weighted by Crippen LogP contribution is -2.29. The maximum Gasteiger partial charge on any atom is 0.433 e. The van der Waals surface area contributed by atoms with E-state index in [0.29, 0.717) is 20.4 Å². The van der Waals surface area contributed by atoms with E-state index in [2.05, 4.69) is 31.3 Å². The fraction of sp³-hybridized carbons (Fsp3) is 0.136. The van der Waals surface area contributed by atoms with Crippen molar-refractivity contribution in [2.24, 2.45) is 0 Å². The number of aromatic amines is 1.